The van der Waals surface area contributed by atoms with E-state index in [1.807, 2.05) is 31.2 Å². The molecule has 0 spiro atoms. The topological polar surface area (TPSA) is 106 Å². The number of fused-ring (bicyclic) bond motifs is 1. The fourth-order valence-corrected chi connectivity index (χ4v) is 3.21. The number of aryl methyl sites for hydroxylation is 2. The summed E-state index contributed by atoms with van der Waals surface area (Å²) in [6.45, 7) is 2.19. The number of hydrogen-bond acceptors (Lipinski definition) is 5. The lowest BCUT2D eigenvalue weighted by molar-refractivity contribution is -0.147. The Morgan fingerprint density at radius 2 is 1.73 bits per heavy atom. The zero-order chi connectivity index (χ0) is 21.5. The Balaban J connectivity index is 1.52. The van der Waals surface area contributed by atoms with Gasteiger partial charge in [0, 0.05) is 18.8 Å². The van der Waals surface area contributed by atoms with E-state index in [0.29, 0.717) is 18.7 Å². The molecule has 30 heavy (non-hydrogen) atoms. The van der Waals surface area contributed by atoms with Crippen molar-refractivity contribution in [2.75, 3.05) is 11.9 Å². The molecule has 154 valence electrons. The molecule has 1 aromatic heterocycles. The van der Waals surface area contributed by atoms with Gasteiger partial charge in [-0.15, -0.1) is 0 Å². The van der Waals surface area contributed by atoms with Gasteiger partial charge in [0.15, 0.2) is 6.61 Å². The second-order valence-corrected chi connectivity index (χ2v) is 6.66. The SMILES string of the molecule is CCn1c(=O)n(CCC(=O)OCC(=O)Nc2ccc(CC#N)cc2)c2ccccc21. The first-order chi connectivity index (χ1) is 14.5. The molecule has 2 aromatic carbocycles. The number of aromatic nitrogens is 2. The van der Waals surface area contributed by atoms with Crippen LogP contribution in [0.15, 0.2) is 53.3 Å². The van der Waals surface area contributed by atoms with Gasteiger partial charge in [0.2, 0.25) is 0 Å². The third-order valence-electron chi connectivity index (χ3n) is 4.67. The van der Waals surface area contributed by atoms with Crippen LogP contribution < -0.4 is 11.0 Å². The molecule has 1 amide bonds. The lowest BCUT2D eigenvalue weighted by atomic mass is 10.1. The minimum absolute atomic E-state index is 0.0201. The van der Waals surface area contributed by atoms with Crippen LogP contribution in [-0.4, -0.2) is 27.6 Å². The number of para-hydroxylation sites is 2. The number of hydrogen-bond donors (Lipinski definition) is 1. The summed E-state index contributed by atoms with van der Waals surface area (Å²) in [5, 5.41) is 11.3. The number of anilines is 1. The Kier molecular flexibility index (Phi) is 6.65. The number of amides is 1. The number of imidazole rings is 1. The average molecular weight is 406 g/mol. The van der Waals surface area contributed by atoms with Crippen molar-refractivity contribution < 1.29 is 14.3 Å². The van der Waals surface area contributed by atoms with Crippen molar-refractivity contribution >= 4 is 28.6 Å². The van der Waals surface area contributed by atoms with Gasteiger partial charge in [0.1, 0.15) is 0 Å². The van der Waals surface area contributed by atoms with E-state index in [9.17, 15) is 14.4 Å². The predicted molar refractivity (Wildman–Crippen MR) is 112 cm³/mol. The molecular weight excluding hydrogens is 384 g/mol. The van der Waals surface area contributed by atoms with Crippen molar-refractivity contribution in [1.82, 2.24) is 9.13 Å². The normalized spacial score (nSPS) is 10.5. The van der Waals surface area contributed by atoms with Crippen LogP contribution in [0.2, 0.25) is 0 Å². The molecule has 3 rings (SSSR count). The van der Waals surface area contributed by atoms with Crippen molar-refractivity contribution in [1.29, 1.82) is 5.26 Å². The number of nitrogens with zero attached hydrogens (tertiary/aromatic N) is 3. The monoisotopic (exact) mass is 406 g/mol. The molecule has 0 atom stereocenters. The number of carbonyl (C=O) groups excluding carboxylic acids is 2. The molecule has 0 radical (unpaired) electrons. The lowest BCUT2D eigenvalue weighted by Gasteiger charge is -2.07. The van der Waals surface area contributed by atoms with Crippen LogP contribution in [-0.2, 0) is 33.8 Å². The van der Waals surface area contributed by atoms with E-state index in [4.69, 9.17) is 10.00 Å². The maximum Gasteiger partial charge on any atom is 0.329 e. The molecular formula is C22H22N4O4. The van der Waals surface area contributed by atoms with E-state index in [1.54, 1.807) is 33.4 Å². The van der Waals surface area contributed by atoms with Crippen LogP contribution in [0, 0.1) is 11.3 Å². The van der Waals surface area contributed by atoms with E-state index in [-0.39, 0.29) is 18.7 Å². The zero-order valence-corrected chi connectivity index (χ0v) is 16.6. The Morgan fingerprint density at radius 3 is 2.37 bits per heavy atom. The molecule has 0 saturated carbocycles. The van der Waals surface area contributed by atoms with Crippen molar-refractivity contribution in [2.24, 2.45) is 0 Å². The number of nitrogens with one attached hydrogen (secondary N) is 1. The van der Waals surface area contributed by atoms with Gasteiger partial charge in [-0.05, 0) is 36.8 Å². The van der Waals surface area contributed by atoms with E-state index >= 15 is 0 Å². The molecule has 0 bridgehead atoms. The average Bonchev–Trinajstić information content (AvgIpc) is 3.03. The van der Waals surface area contributed by atoms with Gasteiger partial charge >= 0.3 is 11.7 Å². The van der Waals surface area contributed by atoms with Crippen molar-refractivity contribution in [3.63, 3.8) is 0 Å². The van der Waals surface area contributed by atoms with Gasteiger partial charge in [-0.2, -0.15) is 5.26 Å². The van der Waals surface area contributed by atoms with E-state index in [0.717, 1.165) is 16.6 Å². The van der Waals surface area contributed by atoms with Gasteiger partial charge in [0.05, 0.1) is 29.9 Å². The first-order valence-corrected chi connectivity index (χ1v) is 9.63. The first-order valence-electron chi connectivity index (χ1n) is 9.63. The second kappa shape index (κ2) is 9.56. The smallest absolute Gasteiger partial charge is 0.329 e. The highest BCUT2D eigenvalue weighted by atomic mass is 16.5. The third kappa shape index (κ3) is 4.75. The molecule has 3 aromatic rings. The first kappa shape index (κ1) is 20.9. The van der Waals surface area contributed by atoms with Crippen LogP contribution in [0.4, 0.5) is 5.69 Å². The van der Waals surface area contributed by atoms with Crippen molar-refractivity contribution in [3.05, 3.63) is 64.6 Å². The molecule has 0 unspecified atom stereocenters. The summed E-state index contributed by atoms with van der Waals surface area (Å²) in [6.07, 6.45) is 0.277. The highest BCUT2D eigenvalue weighted by Gasteiger charge is 2.14. The lowest BCUT2D eigenvalue weighted by Crippen LogP contribution is -2.26. The van der Waals surface area contributed by atoms with Crippen molar-refractivity contribution in [2.45, 2.75) is 32.9 Å². The molecule has 8 nitrogen and oxygen atoms in total. The van der Waals surface area contributed by atoms with Crippen LogP contribution >= 0.6 is 0 Å². The predicted octanol–water partition coefficient (Wildman–Crippen LogP) is 2.46. The number of nitriles is 1. The summed E-state index contributed by atoms with van der Waals surface area (Å²) in [5.41, 5.74) is 2.80. The summed E-state index contributed by atoms with van der Waals surface area (Å²) in [7, 11) is 0. The largest absolute Gasteiger partial charge is 0.456 e. The molecule has 0 aliphatic carbocycles. The summed E-state index contributed by atoms with van der Waals surface area (Å²) in [5.74, 6) is -1.02. The Bertz CT molecular complexity index is 1150. The number of esters is 1. The summed E-state index contributed by atoms with van der Waals surface area (Å²) >= 11 is 0. The number of ether oxygens (including phenoxy) is 1. The maximum atomic E-state index is 12.6. The molecule has 0 aliphatic heterocycles. The second-order valence-electron chi connectivity index (χ2n) is 6.66. The van der Waals surface area contributed by atoms with Crippen LogP contribution in [0.25, 0.3) is 11.0 Å². The molecule has 0 fully saturated rings. The van der Waals surface area contributed by atoms with Gasteiger partial charge in [-0.25, -0.2) is 4.79 Å². The Morgan fingerprint density at radius 1 is 1.07 bits per heavy atom. The van der Waals surface area contributed by atoms with E-state index in [1.165, 1.54) is 0 Å². The minimum atomic E-state index is -0.560. The van der Waals surface area contributed by atoms with Gasteiger partial charge in [0.25, 0.3) is 5.91 Å². The van der Waals surface area contributed by atoms with Crippen LogP contribution in [0.5, 0.6) is 0 Å². The van der Waals surface area contributed by atoms with Crippen LogP contribution in [0.1, 0.15) is 18.9 Å². The highest BCUT2D eigenvalue weighted by molar-refractivity contribution is 5.92. The summed E-state index contributed by atoms with van der Waals surface area (Å²) in [6, 6.07) is 16.3. The third-order valence-corrected chi connectivity index (χ3v) is 4.67. The zero-order valence-electron chi connectivity index (χ0n) is 16.6. The molecule has 8 heteroatoms. The quantitative estimate of drug-likeness (QED) is 0.579. The number of benzene rings is 2. The Hall–Kier alpha value is -3.86. The molecule has 0 aliphatic rings. The standard InChI is InChI=1S/C22H22N4O4/c1-2-25-18-5-3-4-6-19(18)26(22(25)29)14-12-21(28)30-15-20(27)24-17-9-7-16(8-10-17)11-13-23/h3-10H,2,11-12,14-15H2,1H3,(H,24,27). The van der Waals surface area contributed by atoms with Gasteiger partial charge in [-0.3, -0.25) is 18.7 Å². The van der Waals surface area contributed by atoms with Gasteiger partial charge in [-0.1, -0.05) is 24.3 Å². The Labute approximate surface area is 173 Å². The fourth-order valence-electron chi connectivity index (χ4n) is 3.21. The fraction of sp³-hybridized carbons (Fsp3) is 0.273. The summed E-state index contributed by atoms with van der Waals surface area (Å²) in [4.78, 5) is 36.6. The van der Waals surface area contributed by atoms with E-state index in [2.05, 4.69) is 11.4 Å². The maximum absolute atomic E-state index is 12.6. The minimum Gasteiger partial charge on any atom is -0.456 e. The van der Waals surface area contributed by atoms with Gasteiger partial charge < -0.3 is 10.1 Å². The van der Waals surface area contributed by atoms with E-state index < -0.39 is 18.5 Å². The number of rotatable bonds is 8. The summed E-state index contributed by atoms with van der Waals surface area (Å²) < 4.78 is 8.22. The highest BCUT2D eigenvalue weighted by Crippen LogP contribution is 2.13. The molecule has 0 saturated heterocycles. The van der Waals surface area contributed by atoms with Crippen LogP contribution in [0.3, 0.4) is 0 Å². The molecule has 1 N–H and O–H groups in total. The van der Waals surface area contributed by atoms with Crippen molar-refractivity contribution in [3.8, 4) is 6.07 Å². The molecule has 1 heterocycles. The number of carbonyl (C=O) groups is 2.